The van der Waals surface area contributed by atoms with Crippen molar-refractivity contribution in [3.05, 3.63) is 15.0 Å². The summed E-state index contributed by atoms with van der Waals surface area (Å²) < 4.78 is -0.320. The van der Waals surface area contributed by atoms with Crippen molar-refractivity contribution in [1.29, 1.82) is 0 Å². The van der Waals surface area contributed by atoms with Crippen LogP contribution in [0, 0.1) is 15.0 Å². The van der Waals surface area contributed by atoms with Gasteiger partial charge in [-0.3, -0.25) is 0 Å². The summed E-state index contributed by atoms with van der Waals surface area (Å²) in [5.74, 6) is 0. The minimum absolute atomic E-state index is 0. The molecule has 0 fully saturated rings. The molecular formula is H14N6O5Ru+. The smallest absolute Gasteiger partial charge is 0.291 e. The third-order valence-electron chi connectivity index (χ3n) is 0. The first kappa shape index (κ1) is 43.7. The van der Waals surface area contributed by atoms with Gasteiger partial charge in [0.05, 0.1) is 0 Å². The van der Waals surface area contributed by atoms with Crippen LogP contribution < -0.4 is 24.6 Å². The van der Waals surface area contributed by atoms with E-state index in [-0.39, 0.29) is 28.3 Å². The zero-order valence-electron chi connectivity index (χ0n) is 6.20. The zero-order chi connectivity index (χ0) is 7.15. The summed E-state index contributed by atoms with van der Waals surface area (Å²) >= 11 is 1.41. The van der Waals surface area contributed by atoms with Gasteiger partial charge in [-0.05, 0) is 0 Å². The van der Waals surface area contributed by atoms with Crippen LogP contribution in [0.4, 0.5) is 0 Å². The van der Waals surface area contributed by atoms with E-state index in [2.05, 4.69) is 0 Å². The molecule has 0 rings (SSSR count). The SMILES string of the molecule is N.N.N.N.O=[N+](O)[Ru].O=[N+]([O-])O. The fourth-order valence-electron chi connectivity index (χ4n) is 0. The van der Waals surface area contributed by atoms with E-state index >= 15 is 0 Å². The number of rotatable bonds is 0. The Labute approximate surface area is 78.0 Å². The van der Waals surface area contributed by atoms with Crippen LogP contribution in [0.2, 0.25) is 0 Å². The summed E-state index contributed by atoms with van der Waals surface area (Å²) in [7, 11) is 0. The maximum atomic E-state index is 8.89. The fraction of sp³-hybridized carbons (Fsp3) is 0. The first-order chi connectivity index (χ1) is 3.46. The normalized spacial score (nSPS) is 4.08. The van der Waals surface area contributed by atoms with Crippen molar-refractivity contribution >= 4 is 0 Å². The predicted molar refractivity (Wildman–Crippen MR) is 34.3 cm³/mol. The third kappa shape index (κ3) is 672. The summed E-state index contributed by atoms with van der Waals surface area (Å²) in [6, 6.07) is 0. The second kappa shape index (κ2) is 32.2. The summed E-state index contributed by atoms with van der Waals surface area (Å²) in [5.41, 5.74) is 0. The van der Waals surface area contributed by atoms with Gasteiger partial charge in [0.15, 0.2) is 0 Å². The molecule has 0 aliphatic heterocycles. The van der Waals surface area contributed by atoms with E-state index in [9.17, 15) is 0 Å². The van der Waals surface area contributed by atoms with Crippen LogP contribution in [0.5, 0.6) is 0 Å². The quantitative estimate of drug-likeness (QED) is 0.197. The van der Waals surface area contributed by atoms with Crippen molar-refractivity contribution in [2.45, 2.75) is 0 Å². The van der Waals surface area contributed by atoms with Gasteiger partial charge in [0, 0.05) is 0 Å². The molecule has 0 atom stereocenters. The molecule has 0 aliphatic carbocycles. The molecule has 11 nitrogen and oxygen atoms in total. The molecule has 81 valence electrons. The maximum Gasteiger partial charge on any atom is 0.291 e. The average Bonchev–Trinajstić information content (AvgIpc) is 1.25. The molecule has 0 aromatic carbocycles. The Morgan fingerprint density at radius 3 is 1.00 bits per heavy atom. The summed E-state index contributed by atoms with van der Waals surface area (Å²) in [6.45, 7) is 0. The maximum absolute atomic E-state index is 8.89. The molecule has 0 amide bonds. The van der Waals surface area contributed by atoms with E-state index in [4.69, 9.17) is 25.4 Å². The summed E-state index contributed by atoms with van der Waals surface area (Å²) in [6.07, 6.45) is 0. The number of hydrogen-bond acceptors (Lipinski definition) is 7. The largest absolute Gasteiger partial charge is 0.328 e. The van der Waals surface area contributed by atoms with Gasteiger partial charge in [0.1, 0.15) is 0 Å². The van der Waals surface area contributed by atoms with Gasteiger partial charge in [0.2, 0.25) is 0 Å². The van der Waals surface area contributed by atoms with Gasteiger partial charge in [-0.15, -0.1) is 10.1 Å². The summed E-state index contributed by atoms with van der Waals surface area (Å²) in [5, 5.41) is 20.9. The van der Waals surface area contributed by atoms with Crippen LogP contribution >= 0.6 is 0 Å². The Morgan fingerprint density at radius 1 is 1.00 bits per heavy atom. The molecule has 0 saturated carbocycles. The first-order valence-electron chi connectivity index (χ1n) is 1.11. The summed E-state index contributed by atoms with van der Waals surface area (Å²) in [4.78, 5) is 17.2. The molecule has 0 saturated heterocycles. The van der Waals surface area contributed by atoms with E-state index in [0.29, 0.717) is 0 Å². The molecule has 12 heteroatoms. The van der Waals surface area contributed by atoms with Gasteiger partial charge in [-0.25, -0.2) is 0 Å². The van der Waals surface area contributed by atoms with Crippen molar-refractivity contribution in [3.63, 3.8) is 0 Å². The van der Waals surface area contributed by atoms with Crippen LogP contribution in [-0.2, 0) is 18.5 Å². The monoisotopic (exact) mass is 280 g/mol. The van der Waals surface area contributed by atoms with Crippen molar-refractivity contribution in [1.82, 2.24) is 24.6 Å². The van der Waals surface area contributed by atoms with Gasteiger partial charge in [-0.1, -0.05) is 0 Å². The first-order valence-corrected chi connectivity index (χ1v) is 1.88. The number of hydrogen-bond donors (Lipinski definition) is 6. The van der Waals surface area contributed by atoms with Gasteiger partial charge in [-0.2, -0.15) is 0 Å². The minimum atomic E-state index is -1.50. The third-order valence-corrected chi connectivity index (χ3v) is 0. The second-order valence-corrected chi connectivity index (χ2v) is 1.12. The van der Waals surface area contributed by atoms with Crippen molar-refractivity contribution in [2.24, 2.45) is 0 Å². The Morgan fingerprint density at radius 2 is 1.00 bits per heavy atom. The Kier molecular flexibility index (Phi) is 117. The fourth-order valence-corrected chi connectivity index (χ4v) is 0. The van der Waals surface area contributed by atoms with Crippen molar-refractivity contribution < 1.29 is 37.7 Å². The number of nitrogens with zero attached hydrogens (tertiary/aromatic N) is 2. The van der Waals surface area contributed by atoms with Crippen LogP contribution in [-0.4, -0.2) is 19.2 Å². The molecule has 0 spiro atoms. The standard InChI is InChI=1S/HNO3.HNO2.4H3N.Ru/c2-1(3)4;2-1-3;;;;;/h(H,2,3,4);(H,2,3);4*1H3;/q;;;;;;+1. The van der Waals surface area contributed by atoms with Crippen molar-refractivity contribution in [3.8, 4) is 0 Å². The van der Waals surface area contributed by atoms with E-state index < -0.39 is 5.09 Å². The molecule has 12 heavy (non-hydrogen) atoms. The molecule has 0 heterocycles. The molecule has 0 bridgehead atoms. The second-order valence-electron chi connectivity index (χ2n) is 0.455. The van der Waals surface area contributed by atoms with E-state index in [1.165, 1.54) is 18.5 Å². The van der Waals surface area contributed by atoms with E-state index in [1.807, 2.05) is 0 Å². The van der Waals surface area contributed by atoms with Crippen LogP contribution in [0.25, 0.3) is 0 Å². The molecule has 0 aliphatic rings. The molecule has 14 N–H and O–H groups in total. The average molecular weight is 279 g/mol. The molecule has 0 radical (unpaired) electrons. The van der Waals surface area contributed by atoms with E-state index in [1.54, 1.807) is 0 Å². The topological polar surface area (TPSA) is 244 Å². The van der Waals surface area contributed by atoms with Crippen LogP contribution in [0.15, 0.2) is 0 Å². The predicted octanol–water partition coefficient (Wildman–Crippen LogP) is -0.0834. The molecule has 0 aromatic heterocycles. The van der Waals surface area contributed by atoms with Gasteiger partial charge >= 0.3 is 32.3 Å². The van der Waals surface area contributed by atoms with Crippen LogP contribution in [0.3, 0.4) is 0 Å². The molecule has 0 aromatic rings. The zero-order valence-corrected chi connectivity index (χ0v) is 7.93. The Bertz CT molecular complexity index is 73.9. The van der Waals surface area contributed by atoms with Crippen LogP contribution in [0.1, 0.15) is 0 Å². The molecular weight excluding hydrogens is 265 g/mol. The van der Waals surface area contributed by atoms with Gasteiger partial charge < -0.3 is 29.8 Å². The molecule has 0 unspecified atom stereocenters. The van der Waals surface area contributed by atoms with Gasteiger partial charge in [0.25, 0.3) is 5.09 Å². The Balaban J connectivity index is -0.0000000112. The van der Waals surface area contributed by atoms with E-state index in [0.717, 1.165) is 0 Å². The Hall–Kier alpha value is -0.937. The minimum Gasteiger partial charge on any atom is -0.328 e. The van der Waals surface area contributed by atoms with Crippen molar-refractivity contribution in [2.75, 3.05) is 0 Å².